The van der Waals surface area contributed by atoms with Crippen molar-refractivity contribution in [1.29, 1.82) is 0 Å². The predicted octanol–water partition coefficient (Wildman–Crippen LogP) is 3.00. The number of nitrogens with one attached hydrogen (secondary N) is 3. The summed E-state index contributed by atoms with van der Waals surface area (Å²) < 4.78 is 5.61. The van der Waals surface area contributed by atoms with Crippen LogP contribution >= 0.6 is 0 Å². The number of hydrogen-bond acceptors (Lipinski definition) is 3. The van der Waals surface area contributed by atoms with Crippen molar-refractivity contribution in [2.24, 2.45) is 0 Å². The second-order valence-corrected chi connectivity index (χ2v) is 5.93. The van der Waals surface area contributed by atoms with E-state index in [9.17, 15) is 9.59 Å². The third kappa shape index (κ3) is 3.74. The van der Waals surface area contributed by atoms with E-state index in [0.717, 1.165) is 23.3 Å². The molecule has 1 aliphatic heterocycles. The van der Waals surface area contributed by atoms with Gasteiger partial charge in [0.15, 0.2) is 0 Å². The number of fused-ring (bicyclic) bond motifs is 1. The summed E-state index contributed by atoms with van der Waals surface area (Å²) in [6.45, 7) is 2.42. The molecule has 1 aliphatic rings. The normalized spacial score (nSPS) is 15.5. The van der Waals surface area contributed by atoms with Gasteiger partial charge in [-0.3, -0.25) is 4.79 Å². The second-order valence-electron chi connectivity index (χ2n) is 5.93. The zero-order chi connectivity index (χ0) is 17.8. The number of benzene rings is 2. The van der Waals surface area contributed by atoms with E-state index in [4.69, 9.17) is 4.74 Å². The first-order valence-electron chi connectivity index (χ1n) is 8.20. The number of hydrogen-bond donors (Lipinski definition) is 3. The number of urea groups is 1. The monoisotopic (exact) mass is 339 g/mol. The van der Waals surface area contributed by atoms with Crippen LogP contribution in [0.3, 0.4) is 0 Å². The molecule has 3 amide bonds. The van der Waals surface area contributed by atoms with Crippen molar-refractivity contribution in [3.8, 4) is 5.75 Å². The van der Waals surface area contributed by atoms with Gasteiger partial charge in [-0.2, -0.15) is 0 Å². The zero-order valence-electron chi connectivity index (χ0n) is 14.3. The molecule has 6 heteroatoms. The number of amides is 3. The van der Waals surface area contributed by atoms with Gasteiger partial charge in [0.05, 0.1) is 12.6 Å². The fourth-order valence-electron chi connectivity index (χ4n) is 2.90. The highest BCUT2D eigenvalue weighted by molar-refractivity contribution is 5.96. The van der Waals surface area contributed by atoms with Gasteiger partial charge in [-0.1, -0.05) is 18.2 Å². The number of aryl methyl sites for hydroxylation is 1. The van der Waals surface area contributed by atoms with Crippen LogP contribution in [0, 0.1) is 6.92 Å². The fraction of sp³-hybridized carbons (Fsp3) is 0.263. The van der Waals surface area contributed by atoms with E-state index >= 15 is 0 Å². The Hall–Kier alpha value is -3.02. The Morgan fingerprint density at radius 2 is 1.96 bits per heavy atom. The first kappa shape index (κ1) is 16.8. The molecule has 0 aliphatic carbocycles. The van der Waals surface area contributed by atoms with Crippen molar-refractivity contribution in [1.82, 2.24) is 10.6 Å². The molecule has 0 saturated heterocycles. The van der Waals surface area contributed by atoms with Gasteiger partial charge in [0.2, 0.25) is 0 Å². The van der Waals surface area contributed by atoms with Gasteiger partial charge in [-0.05, 0) is 36.8 Å². The summed E-state index contributed by atoms with van der Waals surface area (Å²) in [7, 11) is 1.59. The molecule has 1 atom stereocenters. The Morgan fingerprint density at radius 1 is 1.16 bits per heavy atom. The molecule has 0 radical (unpaired) electrons. The minimum atomic E-state index is -0.280. The maximum Gasteiger partial charge on any atom is 0.319 e. The van der Waals surface area contributed by atoms with E-state index < -0.39 is 0 Å². The topological polar surface area (TPSA) is 79.5 Å². The minimum absolute atomic E-state index is 0.0876. The lowest BCUT2D eigenvalue weighted by Crippen LogP contribution is -2.35. The molecule has 3 rings (SSSR count). The van der Waals surface area contributed by atoms with Crippen LogP contribution in [0.15, 0.2) is 42.5 Å². The molecule has 3 N–H and O–H groups in total. The van der Waals surface area contributed by atoms with Gasteiger partial charge in [-0.25, -0.2) is 4.79 Å². The Labute approximate surface area is 146 Å². The maximum absolute atomic E-state index is 12.4. The maximum atomic E-state index is 12.4. The molecule has 25 heavy (non-hydrogen) atoms. The molecule has 0 bridgehead atoms. The van der Waals surface area contributed by atoms with Crippen LogP contribution in [0.2, 0.25) is 0 Å². The molecule has 1 heterocycles. The highest BCUT2D eigenvalue weighted by atomic mass is 16.5. The van der Waals surface area contributed by atoms with E-state index in [1.54, 1.807) is 25.2 Å². The van der Waals surface area contributed by atoms with Crippen LogP contribution in [0.4, 0.5) is 10.5 Å². The summed E-state index contributed by atoms with van der Waals surface area (Å²) in [5, 5.41) is 8.42. The Morgan fingerprint density at radius 3 is 2.72 bits per heavy atom. The van der Waals surface area contributed by atoms with Crippen molar-refractivity contribution < 1.29 is 14.3 Å². The quantitative estimate of drug-likeness (QED) is 0.804. The summed E-state index contributed by atoms with van der Waals surface area (Å²) in [5.74, 6) is 0.656. The number of carbonyl (C=O) groups excluding carboxylic acids is 2. The average molecular weight is 339 g/mol. The highest BCUT2D eigenvalue weighted by Crippen LogP contribution is 2.31. The standard InChI is InChI=1S/C19H21N3O3/c1-12-11-13(18(23)20-2)7-8-15(12)21-19(24)22-16-9-10-25-17-6-4-3-5-14(16)17/h3-8,11,16H,9-10H2,1-2H3,(H,20,23)(H2,21,22,24)/t16-/m0/s1. The summed E-state index contributed by atoms with van der Waals surface area (Å²) in [5.41, 5.74) is 3.04. The molecule has 0 saturated carbocycles. The Bertz CT molecular complexity index is 804. The zero-order valence-corrected chi connectivity index (χ0v) is 14.3. The van der Waals surface area contributed by atoms with Crippen LogP contribution in [0.1, 0.15) is 33.9 Å². The average Bonchev–Trinajstić information content (AvgIpc) is 2.63. The van der Waals surface area contributed by atoms with Gasteiger partial charge in [0.25, 0.3) is 5.91 Å². The molecule has 0 aromatic heterocycles. The van der Waals surface area contributed by atoms with Crippen molar-refractivity contribution in [2.45, 2.75) is 19.4 Å². The SMILES string of the molecule is CNC(=O)c1ccc(NC(=O)N[C@H]2CCOc3ccccc32)c(C)c1. The largest absolute Gasteiger partial charge is 0.493 e. The van der Waals surface area contributed by atoms with Gasteiger partial charge >= 0.3 is 6.03 Å². The lowest BCUT2D eigenvalue weighted by Gasteiger charge is -2.26. The lowest BCUT2D eigenvalue weighted by atomic mass is 10.0. The summed E-state index contributed by atoms with van der Waals surface area (Å²) in [6, 6.07) is 12.5. The van der Waals surface area contributed by atoms with Gasteiger partial charge < -0.3 is 20.7 Å². The number of ether oxygens (including phenoxy) is 1. The molecular formula is C19H21N3O3. The minimum Gasteiger partial charge on any atom is -0.493 e. The van der Waals surface area contributed by atoms with Gasteiger partial charge in [0, 0.05) is 30.3 Å². The number of para-hydroxylation sites is 1. The summed E-state index contributed by atoms with van der Waals surface area (Å²) >= 11 is 0. The smallest absolute Gasteiger partial charge is 0.319 e. The lowest BCUT2D eigenvalue weighted by molar-refractivity contribution is 0.0963. The van der Waals surface area contributed by atoms with Crippen molar-refractivity contribution in [2.75, 3.05) is 19.0 Å². The summed E-state index contributed by atoms with van der Waals surface area (Å²) in [4.78, 5) is 24.0. The molecular weight excluding hydrogens is 318 g/mol. The van der Waals surface area contributed by atoms with E-state index in [-0.39, 0.29) is 18.0 Å². The number of carbonyl (C=O) groups is 2. The van der Waals surface area contributed by atoms with Crippen molar-refractivity contribution in [3.05, 3.63) is 59.2 Å². The van der Waals surface area contributed by atoms with Crippen LogP contribution < -0.4 is 20.7 Å². The molecule has 0 spiro atoms. The van der Waals surface area contributed by atoms with Crippen LogP contribution in [0.5, 0.6) is 5.75 Å². The van der Waals surface area contributed by atoms with Crippen molar-refractivity contribution in [3.63, 3.8) is 0 Å². The molecule has 0 unspecified atom stereocenters. The number of rotatable bonds is 3. The van der Waals surface area contributed by atoms with Crippen LogP contribution in [-0.4, -0.2) is 25.6 Å². The summed E-state index contributed by atoms with van der Waals surface area (Å²) in [6.07, 6.45) is 0.721. The molecule has 2 aromatic carbocycles. The molecule has 130 valence electrons. The molecule has 2 aromatic rings. The van der Waals surface area contributed by atoms with E-state index in [2.05, 4.69) is 16.0 Å². The van der Waals surface area contributed by atoms with Gasteiger partial charge in [0.1, 0.15) is 5.75 Å². The van der Waals surface area contributed by atoms with Crippen LogP contribution in [-0.2, 0) is 0 Å². The second kappa shape index (κ2) is 7.25. The molecule has 6 nitrogen and oxygen atoms in total. The van der Waals surface area contributed by atoms with E-state index in [0.29, 0.717) is 17.9 Å². The number of anilines is 1. The van der Waals surface area contributed by atoms with E-state index in [1.165, 1.54) is 0 Å². The van der Waals surface area contributed by atoms with Crippen molar-refractivity contribution >= 4 is 17.6 Å². The third-order valence-corrected chi connectivity index (χ3v) is 4.23. The third-order valence-electron chi connectivity index (χ3n) is 4.23. The highest BCUT2D eigenvalue weighted by Gasteiger charge is 2.22. The molecule has 0 fully saturated rings. The Balaban J connectivity index is 1.69. The fourth-order valence-corrected chi connectivity index (χ4v) is 2.90. The van der Waals surface area contributed by atoms with Crippen LogP contribution in [0.25, 0.3) is 0 Å². The predicted molar refractivity (Wildman–Crippen MR) is 96.0 cm³/mol. The first-order chi connectivity index (χ1) is 12.1. The first-order valence-corrected chi connectivity index (χ1v) is 8.20. The Kier molecular flexibility index (Phi) is 4.88. The van der Waals surface area contributed by atoms with Gasteiger partial charge in [-0.15, -0.1) is 0 Å². The van der Waals surface area contributed by atoms with E-state index in [1.807, 2.05) is 31.2 Å².